The summed E-state index contributed by atoms with van der Waals surface area (Å²) >= 11 is 1.53. The summed E-state index contributed by atoms with van der Waals surface area (Å²) in [6, 6.07) is 14.8. The van der Waals surface area contributed by atoms with E-state index in [4.69, 9.17) is 4.52 Å². The van der Waals surface area contributed by atoms with Gasteiger partial charge in [-0.1, -0.05) is 11.2 Å². The highest BCUT2D eigenvalue weighted by molar-refractivity contribution is 7.13. The first-order valence-corrected chi connectivity index (χ1v) is 11.2. The van der Waals surface area contributed by atoms with E-state index in [2.05, 4.69) is 44.5 Å². The van der Waals surface area contributed by atoms with Gasteiger partial charge in [0.1, 0.15) is 17.5 Å². The molecule has 0 aliphatic heterocycles. The molecule has 164 valence electrons. The Morgan fingerprint density at radius 1 is 1.06 bits per heavy atom. The summed E-state index contributed by atoms with van der Waals surface area (Å²) in [6.45, 7) is 7.83. The molecule has 0 fully saturated rings. The van der Waals surface area contributed by atoms with E-state index in [-0.39, 0.29) is 11.6 Å². The van der Waals surface area contributed by atoms with Crippen LogP contribution >= 0.6 is 11.3 Å². The fourth-order valence-electron chi connectivity index (χ4n) is 3.22. The summed E-state index contributed by atoms with van der Waals surface area (Å²) in [7, 11) is 0. The second kappa shape index (κ2) is 9.61. The highest BCUT2D eigenvalue weighted by Gasteiger charge is 2.14. The van der Waals surface area contributed by atoms with Crippen molar-refractivity contribution in [1.29, 1.82) is 0 Å². The number of carbonyl (C=O) groups excluding carboxylic acids is 1. The fraction of sp³-hybridized carbons (Fsp3) is 0.217. The molecule has 0 spiro atoms. The Morgan fingerprint density at radius 3 is 2.50 bits per heavy atom. The lowest BCUT2D eigenvalue weighted by Crippen LogP contribution is -2.23. The van der Waals surface area contributed by atoms with E-state index < -0.39 is 0 Å². The summed E-state index contributed by atoms with van der Waals surface area (Å²) in [6.07, 6.45) is 0. The summed E-state index contributed by atoms with van der Waals surface area (Å²) in [5.74, 6) is 2.57. The zero-order valence-corrected chi connectivity index (χ0v) is 18.9. The zero-order chi connectivity index (χ0) is 22.5. The van der Waals surface area contributed by atoms with Crippen LogP contribution in [0.3, 0.4) is 0 Å². The molecule has 4 rings (SSSR count). The maximum absolute atomic E-state index is 12.5. The molecule has 0 unspecified atom stereocenters. The van der Waals surface area contributed by atoms with Crippen molar-refractivity contribution in [3.63, 3.8) is 0 Å². The second-order valence-corrected chi connectivity index (χ2v) is 7.99. The molecule has 9 heteroatoms. The molecule has 0 bridgehead atoms. The number of benzene rings is 1. The van der Waals surface area contributed by atoms with E-state index in [1.165, 1.54) is 11.3 Å². The van der Waals surface area contributed by atoms with Gasteiger partial charge >= 0.3 is 0 Å². The number of aromatic nitrogens is 3. The quantitative estimate of drug-likeness (QED) is 0.375. The minimum atomic E-state index is -0.326. The topological polar surface area (TPSA) is 96.2 Å². The molecular weight excluding hydrogens is 424 g/mol. The minimum absolute atomic E-state index is 0.232. The molecule has 4 aromatic rings. The monoisotopic (exact) mass is 448 g/mol. The standard InChI is InChI=1S/C23H24N6O2S/c1-4-29(5-2)22-14-21(24-15(3)25-22)26-16-8-10-17(11-9-16)27-23(30)18-13-19(31-28-18)20-7-6-12-32-20/h6-14H,4-5H2,1-3H3,(H,27,30)(H,24,25,26). The van der Waals surface area contributed by atoms with E-state index in [9.17, 15) is 4.79 Å². The normalized spacial score (nSPS) is 10.7. The lowest BCUT2D eigenvalue weighted by molar-refractivity contribution is 0.101. The molecule has 1 amide bonds. The van der Waals surface area contributed by atoms with Crippen molar-refractivity contribution in [2.75, 3.05) is 28.6 Å². The fourth-order valence-corrected chi connectivity index (χ4v) is 3.90. The van der Waals surface area contributed by atoms with Gasteiger partial charge in [-0.25, -0.2) is 9.97 Å². The van der Waals surface area contributed by atoms with Gasteiger partial charge in [0.15, 0.2) is 11.5 Å². The van der Waals surface area contributed by atoms with Crippen molar-refractivity contribution in [3.8, 4) is 10.6 Å². The van der Waals surface area contributed by atoms with Crippen molar-refractivity contribution in [2.45, 2.75) is 20.8 Å². The van der Waals surface area contributed by atoms with Crippen LogP contribution in [0.4, 0.5) is 23.0 Å². The first-order chi connectivity index (χ1) is 15.6. The number of nitrogens with zero attached hydrogens (tertiary/aromatic N) is 4. The number of nitrogens with one attached hydrogen (secondary N) is 2. The van der Waals surface area contributed by atoms with Gasteiger partial charge in [-0.2, -0.15) is 0 Å². The van der Waals surface area contributed by atoms with Gasteiger partial charge in [0.2, 0.25) is 0 Å². The number of hydrogen-bond acceptors (Lipinski definition) is 8. The van der Waals surface area contributed by atoms with Crippen LogP contribution in [0.25, 0.3) is 10.6 Å². The van der Waals surface area contributed by atoms with Crippen molar-refractivity contribution in [3.05, 3.63) is 65.4 Å². The van der Waals surface area contributed by atoms with Crippen molar-refractivity contribution in [2.24, 2.45) is 0 Å². The molecule has 2 N–H and O–H groups in total. The number of hydrogen-bond donors (Lipinski definition) is 2. The summed E-state index contributed by atoms with van der Waals surface area (Å²) in [5, 5.41) is 12.0. The van der Waals surface area contributed by atoms with Crippen LogP contribution in [0, 0.1) is 6.92 Å². The zero-order valence-electron chi connectivity index (χ0n) is 18.1. The van der Waals surface area contributed by atoms with Crippen LogP contribution in [0.5, 0.6) is 0 Å². The Bertz CT molecular complexity index is 1180. The average molecular weight is 449 g/mol. The second-order valence-electron chi connectivity index (χ2n) is 7.04. The van der Waals surface area contributed by atoms with Gasteiger partial charge in [-0.05, 0) is 56.5 Å². The molecule has 0 saturated carbocycles. The Kier molecular flexibility index (Phi) is 6.46. The van der Waals surface area contributed by atoms with Crippen LogP contribution in [0.1, 0.15) is 30.2 Å². The number of amides is 1. The van der Waals surface area contributed by atoms with Gasteiger partial charge < -0.3 is 20.1 Å². The predicted octanol–water partition coefficient (Wildman–Crippen LogP) is 5.34. The SMILES string of the molecule is CCN(CC)c1cc(Nc2ccc(NC(=O)c3cc(-c4cccs4)on3)cc2)nc(C)n1. The molecule has 3 aromatic heterocycles. The van der Waals surface area contributed by atoms with Gasteiger partial charge in [-0.3, -0.25) is 4.79 Å². The number of carbonyl (C=O) groups is 1. The van der Waals surface area contributed by atoms with Crippen LogP contribution < -0.4 is 15.5 Å². The Morgan fingerprint density at radius 2 is 1.81 bits per heavy atom. The van der Waals surface area contributed by atoms with Gasteiger partial charge in [-0.15, -0.1) is 11.3 Å². The van der Waals surface area contributed by atoms with E-state index in [1.807, 2.05) is 54.8 Å². The van der Waals surface area contributed by atoms with Gasteiger partial charge in [0.25, 0.3) is 5.91 Å². The minimum Gasteiger partial charge on any atom is -0.357 e. The number of anilines is 4. The molecule has 0 radical (unpaired) electrons. The lowest BCUT2D eigenvalue weighted by atomic mass is 10.2. The maximum Gasteiger partial charge on any atom is 0.277 e. The van der Waals surface area contributed by atoms with E-state index >= 15 is 0 Å². The summed E-state index contributed by atoms with van der Waals surface area (Å²) < 4.78 is 5.28. The molecule has 0 saturated heterocycles. The van der Waals surface area contributed by atoms with Gasteiger partial charge in [0, 0.05) is 36.6 Å². The first kappa shape index (κ1) is 21.5. The van der Waals surface area contributed by atoms with Crippen LogP contribution in [0.2, 0.25) is 0 Å². The molecule has 0 atom stereocenters. The summed E-state index contributed by atoms with van der Waals surface area (Å²) in [5.41, 5.74) is 1.74. The average Bonchev–Trinajstić information content (AvgIpc) is 3.48. The molecule has 1 aromatic carbocycles. The molecule has 0 aliphatic carbocycles. The van der Waals surface area contributed by atoms with Crippen molar-refractivity contribution < 1.29 is 9.32 Å². The van der Waals surface area contributed by atoms with Crippen molar-refractivity contribution in [1.82, 2.24) is 15.1 Å². The summed E-state index contributed by atoms with van der Waals surface area (Å²) in [4.78, 5) is 24.6. The number of rotatable bonds is 8. The first-order valence-electron chi connectivity index (χ1n) is 10.4. The van der Waals surface area contributed by atoms with Crippen molar-refractivity contribution >= 4 is 40.3 Å². The lowest BCUT2D eigenvalue weighted by Gasteiger charge is -2.20. The van der Waals surface area contributed by atoms with Crippen LogP contribution in [0.15, 0.2) is 58.4 Å². The van der Waals surface area contributed by atoms with E-state index in [1.54, 1.807) is 6.07 Å². The molecule has 0 aliphatic rings. The number of aryl methyl sites for hydroxylation is 1. The molecule has 3 heterocycles. The highest BCUT2D eigenvalue weighted by Crippen LogP contribution is 2.26. The van der Waals surface area contributed by atoms with Crippen LogP contribution in [-0.4, -0.2) is 34.1 Å². The molecule has 32 heavy (non-hydrogen) atoms. The largest absolute Gasteiger partial charge is 0.357 e. The smallest absolute Gasteiger partial charge is 0.277 e. The Labute approximate surface area is 190 Å². The van der Waals surface area contributed by atoms with Gasteiger partial charge in [0.05, 0.1) is 4.88 Å². The third-order valence-corrected chi connectivity index (χ3v) is 5.72. The number of thiophene rings is 1. The van der Waals surface area contributed by atoms with E-state index in [0.29, 0.717) is 17.3 Å². The van der Waals surface area contributed by atoms with Crippen LogP contribution in [-0.2, 0) is 0 Å². The Balaban J connectivity index is 1.42. The third kappa shape index (κ3) is 4.94. The highest BCUT2D eigenvalue weighted by atomic mass is 32.1. The third-order valence-electron chi connectivity index (χ3n) is 4.83. The predicted molar refractivity (Wildman–Crippen MR) is 128 cm³/mol. The van der Waals surface area contributed by atoms with E-state index in [0.717, 1.165) is 35.3 Å². The molecule has 8 nitrogen and oxygen atoms in total. The molecular formula is C23H24N6O2S. The maximum atomic E-state index is 12.5. The Hall–Kier alpha value is -3.72.